The molecule has 28 heavy (non-hydrogen) atoms. The Morgan fingerprint density at radius 1 is 1.32 bits per heavy atom. The average molecular weight is 417 g/mol. The third-order valence-corrected chi connectivity index (χ3v) is 6.50. The molecule has 0 unspecified atom stereocenters. The van der Waals surface area contributed by atoms with Gasteiger partial charge in [0.1, 0.15) is 0 Å². The normalized spacial score (nSPS) is 15.1. The molecule has 0 saturated carbocycles. The summed E-state index contributed by atoms with van der Waals surface area (Å²) in [6, 6.07) is 11.2. The summed E-state index contributed by atoms with van der Waals surface area (Å²) in [7, 11) is 0. The molecule has 2 heterocycles. The fourth-order valence-electron chi connectivity index (χ4n) is 3.54. The second-order valence-electron chi connectivity index (χ2n) is 6.82. The molecule has 1 aliphatic heterocycles. The third kappa shape index (κ3) is 3.66. The van der Waals surface area contributed by atoms with Gasteiger partial charge in [-0.2, -0.15) is 0 Å². The number of halogens is 1. The van der Waals surface area contributed by atoms with Gasteiger partial charge in [0.2, 0.25) is 0 Å². The molecule has 1 aromatic heterocycles. The van der Waals surface area contributed by atoms with Crippen molar-refractivity contribution in [1.82, 2.24) is 9.88 Å². The molecule has 3 aromatic rings. The first-order valence-electron chi connectivity index (χ1n) is 9.37. The van der Waals surface area contributed by atoms with Gasteiger partial charge < -0.3 is 14.7 Å². The number of ether oxygens (including phenoxy) is 1. The van der Waals surface area contributed by atoms with Crippen molar-refractivity contribution in [2.24, 2.45) is 0 Å². The van der Waals surface area contributed by atoms with Crippen LogP contribution in [-0.4, -0.2) is 40.6 Å². The number of rotatable bonds is 4. The third-order valence-electron chi connectivity index (χ3n) is 5.02. The number of carbonyl (C=O) groups excluding carboxylic acids is 1. The zero-order valence-corrected chi connectivity index (χ0v) is 17.1. The average Bonchev–Trinajstić information content (AvgIpc) is 3.15. The molecule has 1 amide bonds. The lowest BCUT2D eigenvalue weighted by Crippen LogP contribution is -2.37. The summed E-state index contributed by atoms with van der Waals surface area (Å²) in [5, 5.41) is 11.3. The van der Waals surface area contributed by atoms with Crippen LogP contribution < -0.4 is 4.74 Å². The summed E-state index contributed by atoms with van der Waals surface area (Å²) < 4.78 is 6.59. The number of hydrogen-bond donors (Lipinski definition) is 1. The number of nitrogens with zero attached hydrogens (tertiary/aromatic N) is 2. The SMILES string of the molecule is CCOc1cc(C(=O)N2CCC(c3nc4ccccc4s3)CC2)cc(Cl)c1O. The molecule has 7 heteroatoms. The van der Waals surface area contributed by atoms with Gasteiger partial charge >= 0.3 is 0 Å². The maximum atomic E-state index is 12.9. The smallest absolute Gasteiger partial charge is 0.254 e. The molecule has 4 rings (SSSR count). The number of phenols is 1. The highest BCUT2D eigenvalue weighted by atomic mass is 35.5. The molecule has 0 atom stereocenters. The monoisotopic (exact) mass is 416 g/mol. The minimum absolute atomic E-state index is 0.0920. The van der Waals surface area contributed by atoms with E-state index in [2.05, 4.69) is 6.07 Å². The van der Waals surface area contributed by atoms with E-state index in [1.165, 1.54) is 10.8 Å². The Kier molecular flexibility index (Phi) is 5.42. The predicted octanol–water partition coefficient (Wildman–Crippen LogP) is 5.07. The Morgan fingerprint density at radius 2 is 2.07 bits per heavy atom. The number of aromatic hydroxyl groups is 1. The zero-order chi connectivity index (χ0) is 19.7. The minimum atomic E-state index is -0.130. The van der Waals surface area contributed by atoms with Crippen molar-refractivity contribution in [1.29, 1.82) is 0 Å². The standard InChI is InChI=1S/C21H21ClN2O3S/c1-2-27-17-12-14(11-15(22)19(17)25)21(26)24-9-7-13(8-10-24)20-23-16-5-3-4-6-18(16)28-20/h3-6,11-13,25H,2,7-10H2,1H3. The number of phenolic OH excluding ortho intramolecular Hbond substituents is 1. The Bertz CT molecular complexity index is 979. The molecule has 1 N–H and O–H groups in total. The number of aromatic nitrogens is 1. The molecule has 1 saturated heterocycles. The van der Waals surface area contributed by atoms with E-state index in [9.17, 15) is 9.90 Å². The first-order chi connectivity index (χ1) is 13.6. The van der Waals surface area contributed by atoms with Crippen molar-refractivity contribution < 1.29 is 14.6 Å². The fraction of sp³-hybridized carbons (Fsp3) is 0.333. The lowest BCUT2D eigenvalue weighted by molar-refractivity contribution is 0.0712. The summed E-state index contributed by atoms with van der Waals surface area (Å²) >= 11 is 7.82. The van der Waals surface area contributed by atoms with E-state index < -0.39 is 0 Å². The van der Waals surface area contributed by atoms with Crippen molar-refractivity contribution in [3.63, 3.8) is 0 Å². The van der Waals surface area contributed by atoms with E-state index in [-0.39, 0.29) is 22.4 Å². The largest absolute Gasteiger partial charge is 0.503 e. The Balaban J connectivity index is 1.46. The number of fused-ring (bicyclic) bond motifs is 1. The van der Waals surface area contributed by atoms with Crippen molar-refractivity contribution >= 4 is 39.1 Å². The number of benzene rings is 2. The molecule has 1 aliphatic rings. The van der Waals surface area contributed by atoms with E-state index in [4.69, 9.17) is 21.3 Å². The Labute approximate surface area is 172 Å². The van der Waals surface area contributed by atoms with Gasteiger partial charge in [0.15, 0.2) is 11.5 Å². The number of para-hydroxylation sites is 1. The lowest BCUT2D eigenvalue weighted by Gasteiger charge is -2.31. The number of thiazole rings is 1. The summed E-state index contributed by atoms with van der Waals surface area (Å²) in [5.74, 6) is 0.395. The molecule has 1 fully saturated rings. The van der Waals surface area contributed by atoms with Crippen LogP contribution in [0.3, 0.4) is 0 Å². The number of piperidine rings is 1. The summed E-state index contributed by atoms with van der Waals surface area (Å²) in [5.41, 5.74) is 1.48. The first-order valence-corrected chi connectivity index (χ1v) is 10.6. The second-order valence-corrected chi connectivity index (χ2v) is 8.29. The summed E-state index contributed by atoms with van der Waals surface area (Å²) in [6.45, 7) is 3.54. The highest BCUT2D eigenvalue weighted by Gasteiger charge is 2.27. The van der Waals surface area contributed by atoms with Gasteiger partial charge in [-0.25, -0.2) is 4.98 Å². The molecular weight excluding hydrogens is 396 g/mol. The number of likely N-dealkylation sites (tertiary alicyclic amines) is 1. The fourth-order valence-corrected chi connectivity index (χ4v) is 4.89. The Morgan fingerprint density at radius 3 is 2.79 bits per heavy atom. The van der Waals surface area contributed by atoms with Gasteiger partial charge in [0.25, 0.3) is 5.91 Å². The van der Waals surface area contributed by atoms with Crippen LogP contribution in [0.5, 0.6) is 11.5 Å². The van der Waals surface area contributed by atoms with Crippen molar-refractivity contribution in [2.45, 2.75) is 25.7 Å². The highest BCUT2D eigenvalue weighted by Crippen LogP contribution is 2.37. The van der Waals surface area contributed by atoms with Crippen LogP contribution in [0, 0.1) is 0 Å². The second kappa shape index (κ2) is 7.97. The van der Waals surface area contributed by atoms with Crippen LogP contribution >= 0.6 is 22.9 Å². The van der Waals surface area contributed by atoms with Crippen molar-refractivity contribution in [3.8, 4) is 11.5 Å². The first kappa shape index (κ1) is 19.0. The van der Waals surface area contributed by atoms with Gasteiger partial charge in [-0.05, 0) is 44.0 Å². The quantitative estimate of drug-likeness (QED) is 0.644. The molecule has 5 nitrogen and oxygen atoms in total. The number of carbonyl (C=O) groups is 1. The number of hydrogen-bond acceptors (Lipinski definition) is 5. The van der Waals surface area contributed by atoms with Gasteiger partial charge in [-0.1, -0.05) is 23.7 Å². The lowest BCUT2D eigenvalue weighted by atomic mass is 9.97. The molecule has 0 aliphatic carbocycles. The van der Waals surface area contributed by atoms with Gasteiger partial charge in [-0.15, -0.1) is 11.3 Å². The molecule has 0 spiro atoms. The van der Waals surface area contributed by atoms with E-state index >= 15 is 0 Å². The topological polar surface area (TPSA) is 62.7 Å². The number of amides is 1. The minimum Gasteiger partial charge on any atom is -0.503 e. The predicted molar refractivity (Wildman–Crippen MR) is 112 cm³/mol. The molecule has 0 bridgehead atoms. The van der Waals surface area contributed by atoms with E-state index in [0.717, 1.165) is 23.4 Å². The van der Waals surface area contributed by atoms with Crippen LogP contribution in [0.15, 0.2) is 36.4 Å². The molecule has 0 radical (unpaired) electrons. The van der Waals surface area contributed by atoms with Gasteiger partial charge in [0.05, 0.1) is 26.9 Å². The molecule has 146 valence electrons. The maximum absolute atomic E-state index is 12.9. The van der Waals surface area contributed by atoms with Crippen LogP contribution in [0.2, 0.25) is 5.02 Å². The molecule has 2 aromatic carbocycles. The van der Waals surface area contributed by atoms with E-state index in [1.807, 2.05) is 30.0 Å². The van der Waals surface area contributed by atoms with Crippen LogP contribution in [-0.2, 0) is 0 Å². The zero-order valence-electron chi connectivity index (χ0n) is 15.5. The Hall–Kier alpha value is -2.31. The van der Waals surface area contributed by atoms with Gasteiger partial charge in [-0.3, -0.25) is 4.79 Å². The summed E-state index contributed by atoms with van der Waals surface area (Å²) in [6.07, 6.45) is 1.77. The van der Waals surface area contributed by atoms with Crippen LogP contribution in [0.4, 0.5) is 0 Å². The maximum Gasteiger partial charge on any atom is 0.254 e. The van der Waals surface area contributed by atoms with E-state index in [1.54, 1.807) is 17.4 Å². The van der Waals surface area contributed by atoms with Crippen molar-refractivity contribution in [3.05, 3.63) is 52.0 Å². The van der Waals surface area contributed by atoms with E-state index in [0.29, 0.717) is 31.2 Å². The van der Waals surface area contributed by atoms with Crippen LogP contribution in [0.1, 0.15) is 41.0 Å². The van der Waals surface area contributed by atoms with Crippen molar-refractivity contribution in [2.75, 3.05) is 19.7 Å². The van der Waals surface area contributed by atoms with Crippen LogP contribution in [0.25, 0.3) is 10.2 Å². The highest BCUT2D eigenvalue weighted by molar-refractivity contribution is 7.18. The summed E-state index contributed by atoms with van der Waals surface area (Å²) in [4.78, 5) is 19.5. The van der Waals surface area contributed by atoms with Gasteiger partial charge in [0, 0.05) is 24.6 Å². The molecular formula is C21H21ClN2O3S.